The van der Waals surface area contributed by atoms with E-state index in [9.17, 15) is 10.0 Å². The average Bonchev–Trinajstić information content (AvgIpc) is 2.88. The molecule has 0 spiro atoms. The normalized spacial score (nSPS) is 11.0. The maximum absolute atomic E-state index is 11.3. The van der Waals surface area contributed by atoms with E-state index in [1.807, 2.05) is 37.3 Å². The van der Waals surface area contributed by atoms with Crippen molar-refractivity contribution in [2.45, 2.75) is 33.2 Å². The van der Waals surface area contributed by atoms with E-state index >= 15 is 0 Å². The van der Waals surface area contributed by atoms with Crippen LogP contribution in [0.1, 0.15) is 30.9 Å². The SMILES string of the molecule is CCCCOc1ccccc1Cn1c(O)c(N=O)c2cc(Br)cc(C)c21. The number of para-hydroxylation sites is 1. The van der Waals surface area contributed by atoms with Gasteiger partial charge in [-0.25, -0.2) is 0 Å². The number of halogens is 1. The van der Waals surface area contributed by atoms with Crippen LogP contribution in [0.15, 0.2) is 46.0 Å². The first-order valence-corrected chi connectivity index (χ1v) is 9.41. The maximum atomic E-state index is 11.3. The predicted molar refractivity (Wildman–Crippen MR) is 107 cm³/mol. The van der Waals surface area contributed by atoms with Crippen molar-refractivity contribution in [3.8, 4) is 11.6 Å². The highest BCUT2D eigenvalue weighted by Crippen LogP contribution is 2.42. The van der Waals surface area contributed by atoms with Crippen LogP contribution in [0.2, 0.25) is 0 Å². The van der Waals surface area contributed by atoms with Gasteiger partial charge in [-0.1, -0.05) is 47.5 Å². The molecule has 0 radical (unpaired) electrons. The molecule has 0 aliphatic carbocycles. The number of nitrogens with zero attached hydrogens (tertiary/aromatic N) is 2. The number of aromatic nitrogens is 1. The van der Waals surface area contributed by atoms with Gasteiger partial charge in [0.25, 0.3) is 0 Å². The molecule has 1 aromatic heterocycles. The van der Waals surface area contributed by atoms with E-state index in [4.69, 9.17) is 4.74 Å². The molecule has 3 aromatic rings. The molecule has 5 nitrogen and oxygen atoms in total. The van der Waals surface area contributed by atoms with E-state index in [0.29, 0.717) is 18.5 Å². The molecular formula is C20H21BrN2O3. The summed E-state index contributed by atoms with van der Waals surface area (Å²) in [5.41, 5.74) is 2.75. The highest BCUT2D eigenvalue weighted by molar-refractivity contribution is 9.10. The van der Waals surface area contributed by atoms with E-state index in [1.54, 1.807) is 10.6 Å². The van der Waals surface area contributed by atoms with Gasteiger partial charge in [-0.2, -0.15) is 0 Å². The molecule has 0 bridgehead atoms. The highest BCUT2D eigenvalue weighted by Gasteiger charge is 2.20. The molecule has 0 fully saturated rings. The smallest absolute Gasteiger partial charge is 0.222 e. The lowest BCUT2D eigenvalue weighted by Gasteiger charge is -2.14. The molecule has 136 valence electrons. The summed E-state index contributed by atoms with van der Waals surface area (Å²) in [6, 6.07) is 11.5. The number of nitroso groups, excluding NO2 is 1. The Morgan fingerprint density at radius 2 is 2.04 bits per heavy atom. The fraction of sp³-hybridized carbons (Fsp3) is 0.300. The van der Waals surface area contributed by atoms with Crippen LogP contribution in [-0.4, -0.2) is 16.3 Å². The first kappa shape index (κ1) is 18.5. The minimum Gasteiger partial charge on any atom is -0.493 e. The Balaban J connectivity index is 2.08. The van der Waals surface area contributed by atoms with Gasteiger partial charge in [0.05, 0.1) is 18.7 Å². The summed E-state index contributed by atoms with van der Waals surface area (Å²) < 4.78 is 8.46. The van der Waals surface area contributed by atoms with Gasteiger partial charge >= 0.3 is 0 Å². The van der Waals surface area contributed by atoms with Crippen molar-refractivity contribution in [2.24, 2.45) is 5.18 Å². The summed E-state index contributed by atoms with van der Waals surface area (Å²) in [5.74, 6) is 0.664. The molecule has 26 heavy (non-hydrogen) atoms. The zero-order valence-electron chi connectivity index (χ0n) is 14.8. The number of unbranched alkanes of at least 4 members (excludes halogenated alkanes) is 1. The third kappa shape index (κ3) is 3.46. The van der Waals surface area contributed by atoms with Crippen LogP contribution in [0.5, 0.6) is 11.6 Å². The summed E-state index contributed by atoms with van der Waals surface area (Å²) in [6.07, 6.45) is 2.05. The van der Waals surface area contributed by atoms with Gasteiger partial charge in [-0.3, -0.25) is 0 Å². The molecule has 3 rings (SSSR count). The van der Waals surface area contributed by atoms with Crippen LogP contribution < -0.4 is 4.74 Å². The Bertz CT molecular complexity index is 950. The molecular weight excluding hydrogens is 396 g/mol. The van der Waals surface area contributed by atoms with E-state index in [1.165, 1.54) is 0 Å². The maximum Gasteiger partial charge on any atom is 0.222 e. The second-order valence-corrected chi connectivity index (χ2v) is 7.19. The van der Waals surface area contributed by atoms with Crippen molar-refractivity contribution in [1.29, 1.82) is 0 Å². The van der Waals surface area contributed by atoms with E-state index in [2.05, 4.69) is 28.0 Å². The first-order valence-electron chi connectivity index (χ1n) is 8.62. The van der Waals surface area contributed by atoms with Crippen LogP contribution in [0.25, 0.3) is 10.9 Å². The molecule has 0 saturated heterocycles. The second-order valence-electron chi connectivity index (χ2n) is 6.28. The van der Waals surface area contributed by atoms with Crippen LogP contribution >= 0.6 is 15.9 Å². The van der Waals surface area contributed by atoms with Crippen molar-refractivity contribution >= 4 is 32.5 Å². The number of fused-ring (bicyclic) bond motifs is 1. The number of rotatable bonds is 7. The molecule has 2 aromatic carbocycles. The van der Waals surface area contributed by atoms with E-state index in [0.717, 1.165) is 39.7 Å². The van der Waals surface area contributed by atoms with Crippen molar-refractivity contribution in [2.75, 3.05) is 6.61 Å². The minimum absolute atomic E-state index is 0.0637. The number of ether oxygens (including phenoxy) is 1. The van der Waals surface area contributed by atoms with Crippen LogP contribution in [0.4, 0.5) is 5.69 Å². The lowest BCUT2D eigenvalue weighted by molar-refractivity contribution is 0.305. The summed E-state index contributed by atoms with van der Waals surface area (Å²) in [6.45, 7) is 5.11. The van der Waals surface area contributed by atoms with Crippen LogP contribution in [0.3, 0.4) is 0 Å². The number of hydrogen-bond donors (Lipinski definition) is 1. The van der Waals surface area contributed by atoms with Gasteiger partial charge in [0.15, 0.2) is 5.69 Å². The molecule has 0 unspecified atom stereocenters. The zero-order chi connectivity index (χ0) is 18.7. The molecule has 1 N–H and O–H groups in total. The Labute approximate surface area is 160 Å². The number of benzene rings is 2. The Hall–Kier alpha value is -2.34. The molecule has 0 saturated carbocycles. The fourth-order valence-electron chi connectivity index (χ4n) is 3.14. The predicted octanol–water partition coefficient (Wildman–Crippen LogP) is 6.04. The molecule has 0 aliphatic rings. The third-order valence-electron chi connectivity index (χ3n) is 4.41. The number of hydrogen-bond acceptors (Lipinski definition) is 4. The summed E-state index contributed by atoms with van der Waals surface area (Å²) in [4.78, 5) is 11.3. The van der Waals surface area contributed by atoms with Crippen LogP contribution in [0, 0.1) is 11.8 Å². The van der Waals surface area contributed by atoms with Crippen molar-refractivity contribution < 1.29 is 9.84 Å². The topological polar surface area (TPSA) is 63.8 Å². The minimum atomic E-state index is -0.125. The molecule has 0 amide bonds. The monoisotopic (exact) mass is 416 g/mol. The highest BCUT2D eigenvalue weighted by atomic mass is 79.9. The fourth-order valence-corrected chi connectivity index (χ4v) is 3.72. The molecule has 6 heteroatoms. The molecule has 0 atom stereocenters. The van der Waals surface area contributed by atoms with E-state index < -0.39 is 0 Å². The Kier molecular flexibility index (Phi) is 5.61. The van der Waals surface area contributed by atoms with Gasteiger partial charge in [-0.15, -0.1) is 4.91 Å². The zero-order valence-corrected chi connectivity index (χ0v) is 16.4. The van der Waals surface area contributed by atoms with Crippen molar-refractivity contribution in [3.05, 3.63) is 56.9 Å². The van der Waals surface area contributed by atoms with Gasteiger partial charge in [0.2, 0.25) is 5.88 Å². The number of aryl methyl sites for hydroxylation is 1. The standard InChI is InChI=1S/C20H21BrN2O3/c1-3-4-9-26-17-8-6-5-7-14(17)12-23-19-13(2)10-15(21)11-16(19)18(22-25)20(23)24/h5-8,10-11,24H,3-4,9,12H2,1-2H3. The van der Waals surface area contributed by atoms with Crippen molar-refractivity contribution in [1.82, 2.24) is 4.57 Å². The lowest BCUT2D eigenvalue weighted by Crippen LogP contribution is -2.04. The largest absolute Gasteiger partial charge is 0.493 e. The average molecular weight is 417 g/mol. The van der Waals surface area contributed by atoms with Gasteiger partial charge in [0, 0.05) is 15.4 Å². The Morgan fingerprint density at radius 1 is 1.27 bits per heavy atom. The quantitative estimate of drug-likeness (QED) is 0.376. The molecule has 0 aliphatic heterocycles. The van der Waals surface area contributed by atoms with Gasteiger partial charge < -0.3 is 14.4 Å². The summed E-state index contributed by atoms with van der Waals surface area (Å²) >= 11 is 3.44. The summed E-state index contributed by atoms with van der Waals surface area (Å²) in [5, 5.41) is 14.3. The van der Waals surface area contributed by atoms with Gasteiger partial charge in [-0.05, 0) is 42.3 Å². The number of aromatic hydroxyl groups is 1. The Morgan fingerprint density at radius 3 is 2.77 bits per heavy atom. The molecule has 1 heterocycles. The first-order chi connectivity index (χ1) is 12.6. The van der Waals surface area contributed by atoms with Crippen molar-refractivity contribution in [3.63, 3.8) is 0 Å². The second kappa shape index (κ2) is 7.91. The lowest BCUT2D eigenvalue weighted by atomic mass is 10.1. The summed E-state index contributed by atoms with van der Waals surface area (Å²) in [7, 11) is 0. The van der Waals surface area contributed by atoms with E-state index in [-0.39, 0.29) is 11.6 Å². The van der Waals surface area contributed by atoms with Crippen LogP contribution in [-0.2, 0) is 6.54 Å². The van der Waals surface area contributed by atoms with Gasteiger partial charge in [0.1, 0.15) is 5.75 Å². The third-order valence-corrected chi connectivity index (χ3v) is 4.86.